The largest absolute Gasteiger partial charge is 0.490 e. The fourth-order valence-corrected chi connectivity index (χ4v) is 9.17. The highest BCUT2D eigenvalue weighted by atomic mass is 35.5. The summed E-state index contributed by atoms with van der Waals surface area (Å²) in [6, 6.07) is 20.0. The molecule has 13 nitrogen and oxygen atoms in total. The molecule has 1 atom stereocenters. The molecule has 0 radical (unpaired) electrons. The van der Waals surface area contributed by atoms with Gasteiger partial charge >= 0.3 is 0 Å². The smallest absolute Gasteiger partial charge is 0.262 e. The van der Waals surface area contributed by atoms with E-state index in [0.29, 0.717) is 51.5 Å². The van der Waals surface area contributed by atoms with Crippen molar-refractivity contribution in [3.05, 3.63) is 87.9 Å². The number of rotatable bonds is 9. The Kier molecular flexibility index (Phi) is 11.2. The lowest BCUT2D eigenvalue weighted by Gasteiger charge is -2.44. The van der Waals surface area contributed by atoms with Crippen LogP contribution < -0.4 is 25.2 Å². The number of piperidine rings is 2. The number of amides is 5. The van der Waals surface area contributed by atoms with Crippen molar-refractivity contribution in [3.8, 4) is 11.8 Å². The maximum atomic E-state index is 13.3. The van der Waals surface area contributed by atoms with E-state index in [1.807, 2.05) is 30.3 Å². The van der Waals surface area contributed by atoms with Gasteiger partial charge in [-0.2, -0.15) is 5.26 Å². The van der Waals surface area contributed by atoms with Crippen molar-refractivity contribution >= 4 is 52.5 Å². The molecule has 14 heteroatoms. The fourth-order valence-electron chi connectivity index (χ4n) is 8.96. The maximum Gasteiger partial charge on any atom is 0.262 e. The first kappa shape index (κ1) is 38.4. The molecule has 8 rings (SSSR count). The first-order valence-electron chi connectivity index (χ1n) is 20.0. The number of anilines is 2. The quantitative estimate of drug-likeness (QED) is 0.290. The van der Waals surface area contributed by atoms with E-state index >= 15 is 0 Å². The Morgan fingerprint density at radius 1 is 0.789 bits per heavy atom. The summed E-state index contributed by atoms with van der Waals surface area (Å²) < 4.78 is 6.11. The minimum atomic E-state index is -0.973. The average Bonchev–Trinajstić information content (AvgIpc) is 3.48. The standard InChI is InChI=1S/C43H46ClN7O6/c44-37-24-34(11-5-29(37)25-45)57-33-9-1-27(2-10-33)26-46-40(53)28-3-6-30(7-4-28)49-19-21-50(22-20-49)31-15-17-48(18-16-31)32-8-12-35-36(23-32)43(56)51(42(35)55)38-13-14-39(52)47-41(38)54/h3-8,11-12,23-24,27,31,33,38H,1-2,9-10,13-22,26H2,(H,46,53)(H,47,52,54). The summed E-state index contributed by atoms with van der Waals surface area (Å²) in [7, 11) is 0. The van der Waals surface area contributed by atoms with Gasteiger partial charge in [-0.25, -0.2) is 0 Å². The van der Waals surface area contributed by atoms with Crippen LogP contribution in [0.3, 0.4) is 0 Å². The van der Waals surface area contributed by atoms with Crippen molar-refractivity contribution in [2.45, 2.75) is 69.6 Å². The third kappa shape index (κ3) is 8.20. The summed E-state index contributed by atoms with van der Waals surface area (Å²) in [4.78, 5) is 71.7. The summed E-state index contributed by atoms with van der Waals surface area (Å²) in [6.07, 6.45) is 6.03. The van der Waals surface area contributed by atoms with E-state index in [2.05, 4.69) is 31.4 Å². The van der Waals surface area contributed by atoms with Crippen LogP contribution in [0.5, 0.6) is 5.75 Å². The molecule has 5 aliphatic rings. The summed E-state index contributed by atoms with van der Waals surface area (Å²) in [6.45, 7) is 6.01. The molecule has 3 aromatic carbocycles. The molecule has 2 N–H and O–H groups in total. The topological polar surface area (TPSA) is 155 Å². The van der Waals surface area contributed by atoms with Gasteiger partial charge in [0.2, 0.25) is 11.8 Å². The van der Waals surface area contributed by atoms with Crippen LogP contribution in [0.4, 0.5) is 11.4 Å². The lowest BCUT2D eigenvalue weighted by Crippen LogP contribution is -2.54. The van der Waals surface area contributed by atoms with Gasteiger partial charge < -0.3 is 19.9 Å². The van der Waals surface area contributed by atoms with E-state index < -0.39 is 29.7 Å². The SMILES string of the molecule is N#Cc1ccc(OC2CCC(CNC(=O)c3ccc(N4CCN(C5CCN(c6ccc7c(c6)C(=O)N(C6CCC(=O)NC6=O)C7=O)CC5)CC4)cc3)CC2)cc1Cl. The van der Waals surface area contributed by atoms with E-state index in [9.17, 15) is 24.0 Å². The van der Waals surface area contributed by atoms with Gasteiger partial charge in [0, 0.05) is 81.3 Å². The monoisotopic (exact) mass is 791 g/mol. The number of imide groups is 2. The van der Waals surface area contributed by atoms with Crippen LogP contribution in [0.25, 0.3) is 0 Å². The van der Waals surface area contributed by atoms with Crippen molar-refractivity contribution in [1.29, 1.82) is 5.26 Å². The van der Waals surface area contributed by atoms with Crippen LogP contribution in [0.15, 0.2) is 60.7 Å². The van der Waals surface area contributed by atoms with Crippen LogP contribution in [-0.4, -0.2) is 103 Å². The van der Waals surface area contributed by atoms with Crippen LogP contribution in [0.1, 0.15) is 88.0 Å². The van der Waals surface area contributed by atoms with E-state index in [4.69, 9.17) is 21.6 Å². The number of benzene rings is 3. The molecule has 1 aliphatic carbocycles. The van der Waals surface area contributed by atoms with E-state index in [-0.39, 0.29) is 24.9 Å². The van der Waals surface area contributed by atoms with Gasteiger partial charge in [-0.3, -0.25) is 39.1 Å². The van der Waals surface area contributed by atoms with Gasteiger partial charge in [-0.05, 0) is 105 Å². The molecule has 3 saturated heterocycles. The number of nitrogens with one attached hydrogen (secondary N) is 2. The zero-order chi connectivity index (χ0) is 39.6. The Bertz CT molecular complexity index is 2100. The number of nitriles is 1. The molecule has 4 fully saturated rings. The molecular weight excluding hydrogens is 746 g/mol. The highest BCUT2D eigenvalue weighted by Crippen LogP contribution is 2.33. The number of hydrogen-bond donors (Lipinski definition) is 2. The molecule has 1 saturated carbocycles. The van der Waals surface area contributed by atoms with Crippen molar-refractivity contribution < 1.29 is 28.7 Å². The Labute approximate surface area is 336 Å². The van der Waals surface area contributed by atoms with E-state index in [1.165, 1.54) is 0 Å². The number of hydrogen-bond acceptors (Lipinski definition) is 10. The van der Waals surface area contributed by atoms with Gasteiger partial charge in [-0.1, -0.05) is 11.6 Å². The predicted molar refractivity (Wildman–Crippen MR) is 213 cm³/mol. The highest BCUT2D eigenvalue weighted by Gasteiger charge is 2.45. The number of piperazine rings is 1. The molecule has 296 valence electrons. The van der Waals surface area contributed by atoms with Gasteiger partial charge in [0.1, 0.15) is 17.9 Å². The summed E-state index contributed by atoms with van der Waals surface area (Å²) in [5.41, 5.74) is 3.70. The lowest BCUT2D eigenvalue weighted by atomic mass is 9.87. The summed E-state index contributed by atoms with van der Waals surface area (Å²) >= 11 is 6.16. The van der Waals surface area contributed by atoms with Gasteiger partial charge in [0.05, 0.1) is 27.8 Å². The predicted octanol–water partition coefficient (Wildman–Crippen LogP) is 4.77. The molecule has 0 bridgehead atoms. The average molecular weight is 792 g/mol. The van der Waals surface area contributed by atoms with Crippen LogP contribution in [0.2, 0.25) is 5.02 Å². The molecule has 0 aromatic heterocycles. The minimum Gasteiger partial charge on any atom is -0.490 e. The molecule has 1 unspecified atom stereocenters. The molecule has 57 heavy (non-hydrogen) atoms. The minimum absolute atomic E-state index is 0.0579. The lowest BCUT2D eigenvalue weighted by molar-refractivity contribution is -0.136. The Morgan fingerprint density at radius 3 is 2.16 bits per heavy atom. The molecule has 5 amide bonds. The summed E-state index contributed by atoms with van der Waals surface area (Å²) in [5, 5.41) is 14.9. The second-order valence-corrected chi connectivity index (χ2v) is 16.1. The number of ether oxygens (including phenoxy) is 1. The van der Waals surface area contributed by atoms with E-state index in [0.717, 1.165) is 94.1 Å². The molecule has 4 heterocycles. The molecular formula is C43H46ClN7O6. The van der Waals surface area contributed by atoms with Crippen molar-refractivity contribution in [1.82, 2.24) is 20.4 Å². The third-order valence-corrected chi connectivity index (χ3v) is 12.6. The molecule has 4 aliphatic heterocycles. The zero-order valence-electron chi connectivity index (χ0n) is 31.8. The normalized spacial score (nSPS) is 23.2. The van der Waals surface area contributed by atoms with Gasteiger partial charge in [0.25, 0.3) is 17.7 Å². The van der Waals surface area contributed by atoms with Crippen molar-refractivity contribution in [2.75, 3.05) is 55.6 Å². The van der Waals surface area contributed by atoms with Crippen LogP contribution in [0, 0.1) is 17.2 Å². The van der Waals surface area contributed by atoms with Crippen molar-refractivity contribution in [2.24, 2.45) is 5.92 Å². The second-order valence-electron chi connectivity index (χ2n) is 15.7. The second kappa shape index (κ2) is 16.6. The van der Waals surface area contributed by atoms with Gasteiger partial charge in [0.15, 0.2) is 0 Å². The first-order valence-corrected chi connectivity index (χ1v) is 20.4. The first-order chi connectivity index (χ1) is 27.6. The molecule has 3 aromatic rings. The Morgan fingerprint density at radius 2 is 1.47 bits per heavy atom. The molecule has 0 spiro atoms. The maximum absolute atomic E-state index is 13.3. The number of nitrogens with zero attached hydrogens (tertiary/aromatic N) is 5. The van der Waals surface area contributed by atoms with Crippen LogP contribution in [-0.2, 0) is 9.59 Å². The number of carbonyl (C=O) groups is 5. The highest BCUT2D eigenvalue weighted by molar-refractivity contribution is 6.31. The van der Waals surface area contributed by atoms with E-state index in [1.54, 1.807) is 30.3 Å². The fraction of sp³-hybridized carbons (Fsp3) is 0.442. The Hall–Kier alpha value is -5.45. The number of halogens is 1. The van der Waals surface area contributed by atoms with Crippen LogP contribution >= 0.6 is 11.6 Å². The number of carbonyl (C=O) groups excluding carboxylic acids is 5. The number of fused-ring (bicyclic) bond motifs is 1. The van der Waals surface area contributed by atoms with Gasteiger partial charge in [-0.15, -0.1) is 0 Å². The third-order valence-electron chi connectivity index (χ3n) is 12.3. The van der Waals surface area contributed by atoms with Crippen molar-refractivity contribution in [3.63, 3.8) is 0 Å². The summed E-state index contributed by atoms with van der Waals surface area (Å²) in [5.74, 6) is -0.951. The Balaban J connectivity index is 0.757. The zero-order valence-corrected chi connectivity index (χ0v) is 32.5.